The van der Waals surface area contributed by atoms with Crippen LogP contribution in [0.1, 0.15) is 30.0 Å². The molecule has 0 radical (unpaired) electrons. The van der Waals surface area contributed by atoms with E-state index >= 15 is 0 Å². The molecule has 1 aliphatic rings. The second-order valence-electron chi connectivity index (χ2n) is 3.56. The van der Waals surface area contributed by atoms with Gasteiger partial charge in [-0.25, -0.2) is 0 Å². The highest BCUT2D eigenvalue weighted by molar-refractivity contribution is 9.10. The smallest absolute Gasteiger partial charge is 0.311 e. The molecular weight excluding hydrogens is 248 g/mol. The maximum absolute atomic E-state index is 11.0. The Hall–Kier alpha value is -0.840. The molecule has 0 aliphatic heterocycles. The van der Waals surface area contributed by atoms with Crippen molar-refractivity contribution in [3.05, 3.63) is 15.9 Å². The third kappa shape index (κ3) is 1.35. The SMILES string of the molecule is Cn1nc(Br)c2c1CCCC2C(=O)O. The van der Waals surface area contributed by atoms with Crippen molar-refractivity contribution in [2.24, 2.45) is 7.05 Å². The summed E-state index contributed by atoms with van der Waals surface area (Å²) in [5.74, 6) is -1.14. The van der Waals surface area contributed by atoms with Gasteiger partial charge >= 0.3 is 5.97 Å². The normalized spacial score (nSPS) is 20.6. The molecule has 0 saturated carbocycles. The van der Waals surface area contributed by atoms with E-state index in [1.165, 1.54) is 0 Å². The Morgan fingerprint density at radius 2 is 2.43 bits per heavy atom. The number of hydrogen-bond acceptors (Lipinski definition) is 2. The first-order valence-electron chi connectivity index (χ1n) is 4.55. The fourth-order valence-corrected chi connectivity index (χ4v) is 2.79. The van der Waals surface area contributed by atoms with E-state index < -0.39 is 5.97 Å². The molecule has 1 unspecified atom stereocenters. The summed E-state index contributed by atoms with van der Waals surface area (Å²) in [4.78, 5) is 11.0. The molecule has 2 rings (SSSR count). The number of carboxylic acids is 1. The zero-order valence-electron chi connectivity index (χ0n) is 7.83. The second-order valence-corrected chi connectivity index (χ2v) is 4.31. The van der Waals surface area contributed by atoms with Gasteiger partial charge in [0.25, 0.3) is 0 Å². The Balaban J connectivity index is 2.53. The summed E-state index contributed by atoms with van der Waals surface area (Å²) in [6.45, 7) is 0. The van der Waals surface area contributed by atoms with E-state index in [1.54, 1.807) is 4.68 Å². The molecule has 1 N–H and O–H groups in total. The number of nitrogens with zero attached hydrogens (tertiary/aromatic N) is 2. The molecule has 1 atom stereocenters. The van der Waals surface area contributed by atoms with Crippen LogP contribution in [0.15, 0.2) is 4.60 Å². The zero-order valence-corrected chi connectivity index (χ0v) is 9.41. The lowest BCUT2D eigenvalue weighted by atomic mass is 9.87. The molecule has 0 amide bonds. The van der Waals surface area contributed by atoms with Crippen molar-refractivity contribution in [3.63, 3.8) is 0 Å². The van der Waals surface area contributed by atoms with Gasteiger partial charge in [-0.05, 0) is 35.2 Å². The molecule has 0 aromatic carbocycles. The molecular formula is C9H11BrN2O2. The summed E-state index contributed by atoms with van der Waals surface area (Å²) >= 11 is 3.32. The first-order chi connectivity index (χ1) is 6.61. The molecule has 76 valence electrons. The number of carboxylic acid groups (broad SMARTS) is 1. The molecule has 1 aromatic heterocycles. The quantitative estimate of drug-likeness (QED) is 0.834. The first-order valence-corrected chi connectivity index (χ1v) is 5.34. The molecule has 0 spiro atoms. The molecule has 0 bridgehead atoms. The number of aromatic nitrogens is 2. The fourth-order valence-electron chi connectivity index (χ4n) is 2.05. The minimum Gasteiger partial charge on any atom is -0.481 e. The monoisotopic (exact) mass is 258 g/mol. The van der Waals surface area contributed by atoms with Crippen LogP contribution in [0.25, 0.3) is 0 Å². The Morgan fingerprint density at radius 3 is 3.07 bits per heavy atom. The number of fused-ring (bicyclic) bond motifs is 1. The van der Waals surface area contributed by atoms with E-state index in [1.807, 2.05) is 7.05 Å². The third-order valence-corrected chi connectivity index (χ3v) is 3.30. The molecule has 1 aromatic rings. The standard InChI is InChI=1S/C9H11BrN2O2/c1-12-6-4-2-3-5(9(13)14)7(6)8(10)11-12/h5H,2-4H2,1H3,(H,13,14). The van der Waals surface area contributed by atoms with E-state index in [0.29, 0.717) is 11.0 Å². The van der Waals surface area contributed by atoms with Gasteiger partial charge in [-0.2, -0.15) is 5.10 Å². The summed E-state index contributed by atoms with van der Waals surface area (Å²) in [7, 11) is 1.85. The summed E-state index contributed by atoms with van der Waals surface area (Å²) < 4.78 is 2.45. The van der Waals surface area contributed by atoms with Crippen LogP contribution in [0.5, 0.6) is 0 Å². The van der Waals surface area contributed by atoms with Crippen LogP contribution in [-0.4, -0.2) is 20.9 Å². The van der Waals surface area contributed by atoms with Gasteiger partial charge < -0.3 is 5.11 Å². The number of rotatable bonds is 1. The van der Waals surface area contributed by atoms with Gasteiger partial charge in [-0.1, -0.05) is 0 Å². The molecule has 5 heteroatoms. The van der Waals surface area contributed by atoms with Crippen molar-refractivity contribution in [3.8, 4) is 0 Å². The molecule has 1 aliphatic carbocycles. The van der Waals surface area contributed by atoms with Crippen molar-refractivity contribution < 1.29 is 9.90 Å². The summed E-state index contributed by atoms with van der Waals surface area (Å²) in [6, 6.07) is 0. The average molecular weight is 259 g/mol. The Labute approximate surface area is 90.0 Å². The minimum absolute atomic E-state index is 0.387. The first kappa shape index (κ1) is 9.71. The van der Waals surface area contributed by atoms with E-state index in [0.717, 1.165) is 24.1 Å². The highest BCUT2D eigenvalue weighted by Gasteiger charge is 2.31. The third-order valence-electron chi connectivity index (χ3n) is 2.71. The number of halogens is 1. The van der Waals surface area contributed by atoms with Crippen molar-refractivity contribution >= 4 is 21.9 Å². The van der Waals surface area contributed by atoms with Crippen molar-refractivity contribution in [2.45, 2.75) is 25.2 Å². The minimum atomic E-state index is -0.750. The molecule has 0 fully saturated rings. The Kier molecular flexibility index (Phi) is 2.34. The number of carbonyl (C=O) groups is 1. The highest BCUT2D eigenvalue weighted by Crippen LogP contribution is 2.36. The summed E-state index contributed by atoms with van der Waals surface area (Å²) in [5, 5.41) is 13.3. The van der Waals surface area contributed by atoms with Crippen LogP contribution in [0.4, 0.5) is 0 Å². The molecule has 4 nitrogen and oxygen atoms in total. The van der Waals surface area contributed by atoms with Crippen LogP contribution in [-0.2, 0) is 18.3 Å². The van der Waals surface area contributed by atoms with Gasteiger partial charge in [-0.3, -0.25) is 9.48 Å². The van der Waals surface area contributed by atoms with Crippen LogP contribution >= 0.6 is 15.9 Å². The van der Waals surface area contributed by atoms with Gasteiger partial charge in [0.05, 0.1) is 5.92 Å². The van der Waals surface area contributed by atoms with Crippen molar-refractivity contribution in [2.75, 3.05) is 0 Å². The van der Waals surface area contributed by atoms with Gasteiger partial charge in [-0.15, -0.1) is 0 Å². The average Bonchev–Trinajstić information content (AvgIpc) is 2.43. The van der Waals surface area contributed by atoms with E-state index in [2.05, 4.69) is 21.0 Å². The van der Waals surface area contributed by atoms with E-state index in [-0.39, 0.29) is 5.92 Å². The number of aliphatic carboxylic acids is 1. The summed E-state index contributed by atoms with van der Waals surface area (Å²) in [6.07, 6.45) is 2.57. The molecule has 14 heavy (non-hydrogen) atoms. The molecule has 1 heterocycles. The lowest BCUT2D eigenvalue weighted by molar-refractivity contribution is -0.139. The summed E-state index contributed by atoms with van der Waals surface area (Å²) in [5.41, 5.74) is 1.92. The van der Waals surface area contributed by atoms with Gasteiger partial charge in [0, 0.05) is 18.3 Å². The Bertz CT molecular complexity index is 386. The van der Waals surface area contributed by atoms with Crippen LogP contribution in [0.3, 0.4) is 0 Å². The highest BCUT2D eigenvalue weighted by atomic mass is 79.9. The van der Waals surface area contributed by atoms with Crippen LogP contribution in [0, 0.1) is 0 Å². The van der Waals surface area contributed by atoms with Crippen molar-refractivity contribution in [1.29, 1.82) is 0 Å². The largest absolute Gasteiger partial charge is 0.481 e. The maximum Gasteiger partial charge on any atom is 0.311 e. The van der Waals surface area contributed by atoms with Crippen LogP contribution in [0.2, 0.25) is 0 Å². The zero-order chi connectivity index (χ0) is 10.3. The van der Waals surface area contributed by atoms with Gasteiger partial charge in [0.15, 0.2) is 0 Å². The second kappa shape index (κ2) is 3.38. The predicted molar refractivity (Wildman–Crippen MR) is 54.2 cm³/mol. The van der Waals surface area contributed by atoms with Crippen molar-refractivity contribution in [1.82, 2.24) is 9.78 Å². The maximum atomic E-state index is 11.0. The van der Waals surface area contributed by atoms with E-state index in [9.17, 15) is 4.79 Å². The number of aryl methyl sites for hydroxylation is 1. The van der Waals surface area contributed by atoms with Crippen LogP contribution < -0.4 is 0 Å². The van der Waals surface area contributed by atoms with Gasteiger partial charge in [0.2, 0.25) is 0 Å². The molecule has 0 saturated heterocycles. The lowest BCUT2D eigenvalue weighted by Crippen LogP contribution is -2.18. The fraction of sp³-hybridized carbons (Fsp3) is 0.556. The Morgan fingerprint density at radius 1 is 1.71 bits per heavy atom. The predicted octanol–water partition coefficient (Wildman–Crippen LogP) is 1.69. The topological polar surface area (TPSA) is 55.1 Å². The lowest BCUT2D eigenvalue weighted by Gasteiger charge is -2.19. The van der Waals surface area contributed by atoms with Gasteiger partial charge in [0.1, 0.15) is 4.60 Å². The number of hydrogen-bond donors (Lipinski definition) is 1. The van der Waals surface area contributed by atoms with E-state index in [4.69, 9.17) is 5.11 Å².